The van der Waals surface area contributed by atoms with Gasteiger partial charge in [-0.25, -0.2) is 4.98 Å². The third-order valence-corrected chi connectivity index (χ3v) is 5.06. The molecule has 4 aromatic rings. The molecule has 0 radical (unpaired) electrons. The number of nitrogens with zero attached hydrogens (tertiary/aromatic N) is 2. The predicted molar refractivity (Wildman–Crippen MR) is 118 cm³/mol. The number of para-hydroxylation sites is 2. The molecule has 0 aliphatic rings. The molecule has 0 bridgehead atoms. The molecule has 0 unspecified atom stereocenters. The highest BCUT2D eigenvalue weighted by Gasteiger charge is 2.12. The van der Waals surface area contributed by atoms with Crippen LogP contribution in [0.25, 0.3) is 22.4 Å². The first-order valence-electron chi connectivity index (χ1n) is 9.72. The summed E-state index contributed by atoms with van der Waals surface area (Å²) in [6.07, 6.45) is 1.93. The molecule has 1 heterocycles. The van der Waals surface area contributed by atoms with Crippen LogP contribution in [0.1, 0.15) is 12.8 Å². The summed E-state index contributed by atoms with van der Waals surface area (Å²) in [5.41, 5.74) is 3.16. The van der Waals surface area contributed by atoms with Crippen LogP contribution in [0.4, 0.5) is 0 Å². The summed E-state index contributed by atoms with van der Waals surface area (Å²) in [6.45, 7) is 1.52. The molecular formula is C24H23ClN2O2. The number of hydrogen-bond donors (Lipinski definition) is 0. The SMILES string of the molecule is COc1cccc(OCCCCn2c(-c3cccc(Cl)c3)nc3ccccc32)c1. The van der Waals surface area contributed by atoms with E-state index in [1.54, 1.807) is 7.11 Å². The van der Waals surface area contributed by atoms with E-state index in [9.17, 15) is 0 Å². The minimum atomic E-state index is 0.659. The third kappa shape index (κ3) is 4.54. The fourth-order valence-corrected chi connectivity index (χ4v) is 3.59. The second-order valence-corrected chi connectivity index (χ2v) is 7.26. The van der Waals surface area contributed by atoms with Crippen LogP contribution in [0.2, 0.25) is 5.02 Å². The summed E-state index contributed by atoms with van der Waals surface area (Å²) in [7, 11) is 1.66. The molecule has 4 rings (SSSR count). The van der Waals surface area contributed by atoms with Gasteiger partial charge < -0.3 is 14.0 Å². The van der Waals surface area contributed by atoms with Gasteiger partial charge in [-0.05, 0) is 49.2 Å². The van der Waals surface area contributed by atoms with Crippen LogP contribution in [-0.2, 0) is 6.54 Å². The van der Waals surface area contributed by atoms with Crippen LogP contribution in [0.5, 0.6) is 11.5 Å². The smallest absolute Gasteiger partial charge is 0.141 e. The number of halogens is 1. The molecule has 4 nitrogen and oxygen atoms in total. The van der Waals surface area contributed by atoms with Crippen molar-refractivity contribution < 1.29 is 9.47 Å². The minimum Gasteiger partial charge on any atom is -0.497 e. The molecule has 5 heteroatoms. The first-order chi connectivity index (χ1) is 14.2. The number of ether oxygens (including phenoxy) is 2. The van der Waals surface area contributed by atoms with Gasteiger partial charge in [-0.1, -0.05) is 41.9 Å². The normalized spacial score (nSPS) is 11.0. The largest absolute Gasteiger partial charge is 0.497 e. The van der Waals surface area contributed by atoms with Crippen LogP contribution in [-0.4, -0.2) is 23.3 Å². The lowest BCUT2D eigenvalue weighted by Gasteiger charge is -2.11. The average molecular weight is 407 g/mol. The zero-order valence-electron chi connectivity index (χ0n) is 16.3. The first kappa shape index (κ1) is 19.3. The number of imidazole rings is 1. The molecule has 0 aliphatic heterocycles. The second-order valence-electron chi connectivity index (χ2n) is 6.82. The number of unbranched alkanes of at least 4 members (excludes halogenated alkanes) is 1. The Bertz CT molecular complexity index is 1110. The Kier molecular flexibility index (Phi) is 6.01. The maximum atomic E-state index is 6.21. The van der Waals surface area contributed by atoms with Crippen molar-refractivity contribution >= 4 is 22.6 Å². The van der Waals surface area contributed by atoms with Gasteiger partial charge in [-0.2, -0.15) is 0 Å². The van der Waals surface area contributed by atoms with Gasteiger partial charge in [0.15, 0.2) is 0 Å². The summed E-state index contributed by atoms with van der Waals surface area (Å²) in [5, 5.41) is 0.716. The monoisotopic (exact) mass is 406 g/mol. The van der Waals surface area contributed by atoms with E-state index in [0.717, 1.165) is 53.3 Å². The second kappa shape index (κ2) is 9.01. The molecule has 0 aliphatic carbocycles. The minimum absolute atomic E-state index is 0.659. The van der Waals surface area contributed by atoms with Crippen LogP contribution in [0, 0.1) is 0 Å². The molecule has 29 heavy (non-hydrogen) atoms. The van der Waals surface area contributed by atoms with Crippen molar-refractivity contribution in [3.05, 3.63) is 77.8 Å². The van der Waals surface area contributed by atoms with E-state index in [4.69, 9.17) is 26.1 Å². The molecular weight excluding hydrogens is 384 g/mol. The van der Waals surface area contributed by atoms with Crippen molar-refractivity contribution in [2.45, 2.75) is 19.4 Å². The highest BCUT2D eigenvalue weighted by molar-refractivity contribution is 6.30. The van der Waals surface area contributed by atoms with E-state index in [1.807, 2.05) is 60.7 Å². The number of rotatable bonds is 8. The van der Waals surface area contributed by atoms with E-state index in [0.29, 0.717) is 11.6 Å². The Hall–Kier alpha value is -2.98. The number of fused-ring (bicyclic) bond motifs is 1. The van der Waals surface area contributed by atoms with Gasteiger partial charge in [0.2, 0.25) is 0 Å². The van der Waals surface area contributed by atoms with Crippen LogP contribution in [0.3, 0.4) is 0 Å². The van der Waals surface area contributed by atoms with Gasteiger partial charge in [0.1, 0.15) is 17.3 Å². The van der Waals surface area contributed by atoms with Crippen LogP contribution in [0.15, 0.2) is 72.8 Å². The van der Waals surface area contributed by atoms with Crippen molar-refractivity contribution in [3.8, 4) is 22.9 Å². The molecule has 0 saturated heterocycles. The third-order valence-electron chi connectivity index (χ3n) is 4.82. The van der Waals surface area contributed by atoms with Crippen molar-refractivity contribution in [3.63, 3.8) is 0 Å². The highest BCUT2D eigenvalue weighted by atomic mass is 35.5. The molecule has 0 N–H and O–H groups in total. The standard InChI is InChI=1S/C24H23ClN2O2/c1-28-20-10-7-11-21(17-20)29-15-5-4-14-27-23-13-3-2-12-22(23)26-24(27)18-8-6-9-19(25)16-18/h2-3,6-13,16-17H,4-5,14-15H2,1H3. The fourth-order valence-electron chi connectivity index (χ4n) is 3.40. The zero-order valence-corrected chi connectivity index (χ0v) is 17.1. The lowest BCUT2D eigenvalue weighted by atomic mass is 10.2. The van der Waals surface area contributed by atoms with Crippen molar-refractivity contribution in [1.82, 2.24) is 9.55 Å². The Morgan fingerprint density at radius 3 is 2.59 bits per heavy atom. The number of benzene rings is 3. The van der Waals surface area contributed by atoms with Gasteiger partial charge >= 0.3 is 0 Å². The number of methoxy groups -OCH3 is 1. The topological polar surface area (TPSA) is 36.3 Å². The van der Waals surface area contributed by atoms with E-state index in [1.165, 1.54) is 0 Å². The van der Waals surface area contributed by atoms with E-state index >= 15 is 0 Å². The molecule has 0 fully saturated rings. The number of aromatic nitrogens is 2. The summed E-state index contributed by atoms with van der Waals surface area (Å²) in [4.78, 5) is 4.85. The van der Waals surface area contributed by atoms with Gasteiger partial charge in [0.25, 0.3) is 0 Å². The van der Waals surface area contributed by atoms with Gasteiger partial charge in [0.05, 0.1) is 24.8 Å². The van der Waals surface area contributed by atoms with Crippen LogP contribution >= 0.6 is 11.6 Å². The lowest BCUT2D eigenvalue weighted by molar-refractivity contribution is 0.301. The Balaban J connectivity index is 1.45. The predicted octanol–water partition coefficient (Wildman–Crippen LogP) is 6.22. The van der Waals surface area contributed by atoms with Crippen molar-refractivity contribution in [2.75, 3.05) is 13.7 Å². The fraction of sp³-hybridized carbons (Fsp3) is 0.208. The molecule has 0 amide bonds. The number of aryl methyl sites for hydroxylation is 1. The van der Waals surface area contributed by atoms with E-state index in [2.05, 4.69) is 16.7 Å². The van der Waals surface area contributed by atoms with Crippen molar-refractivity contribution in [1.29, 1.82) is 0 Å². The summed E-state index contributed by atoms with van der Waals surface area (Å²) in [6, 6.07) is 23.8. The quantitative estimate of drug-likeness (QED) is 0.326. The Morgan fingerprint density at radius 2 is 1.72 bits per heavy atom. The Labute approximate surface area is 175 Å². The summed E-state index contributed by atoms with van der Waals surface area (Å²) in [5.74, 6) is 2.58. The first-order valence-corrected chi connectivity index (χ1v) is 10.1. The van der Waals surface area contributed by atoms with Crippen molar-refractivity contribution in [2.24, 2.45) is 0 Å². The molecule has 0 atom stereocenters. The molecule has 0 saturated carbocycles. The van der Waals surface area contributed by atoms with Gasteiger partial charge in [-0.15, -0.1) is 0 Å². The molecule has 3 aromatic carbocycles. The maximum absolute atomic E-state index is 6.21. The zero-order chi connectivity index (χ0) is 20.1. The molecule has 148 valence electrons. The summed E-state index contributed by atoms with van der Waals surface area (Å²) >= 11 is 6.21. The van der Waals surface area contributed by atoms with E-state index in [-0.39, 0.29) is 0 Å². The highest BCUT2D eigenvalue weighted by Crippen LogP contribution is 2.27. The molecule has 1 aromatic heterocycles. The average Bonchev–Trinajstić information content (AvgIpc) is 3.12. The van der Waals surface area contributed by atoms with Gasteiger partial charge in [0, 0.05) is 23.2 Å². The van der Waals surface area contributed by atoms with Gasteiger partial charge in [-0.3, -0.25) is 0 Å². The maximum Gasteiger partial charge on any atom is 0.141 e. The Morgan fingerprint density at radius 1 is 0.897 bits per heavy atom. The lowest BCUT2D eigenvalue weighted by Crippen LogP contribution is -2.04. The number of hydrogen-bond acceptors (Lipinski definition) is 3. The molecule has 0 spiro atoms. The van der Waals surface area contributed by atoms with Crippen LogP contribution < -0.4 is 9.47 Å². The van der Waals surface area contributed by atoms with E-state index < -0.39 is 0 Å². The summed E-state index contributed by atoms with van der Waals surface area (Å²) < 4.78 is 13.4.